The fraction of sp³-hybridized carbons (Fsp3) is 0.462. The second-order valence-electron chi connectivity index (χ2n) is 8.40. The Balaban J connectivity index is 1.69. The van der Waals surface area contributed by atoms with Crippen LogP contribution in [0.2, 0.25) is 5.02 Å². The van der Waals surface area contributed by atoms with Crippen molar-refractivity contribution in [1.29, 1.82) is 0 Å². The molecule has 0 unspecified atom stereocenters. The Morgan fingerprint density at radius 3 is 2.33 bits per heavy atom. The van der Waals surface area contributed by atoms with Crippen LogP contribution in [-0.2, 0) is 21.9 Å². The van der Waals surface area contributed by atoms with Gasteiger partial charge in [0.15, 0.2) is 0 Å². The minimum Gasteiger partial charge on any atom is -0.497 e. The van der Waals surface area contributed by atoms with Gasteiger partial charge in [-0.15, -0.1) is 11.8 Å². The maximum Gasteiger partial charge on any atom is 0.243 e. The van der Waals surface area contributed by atoms with Crippen LogP contribution in [-0.4, -0.2) is 41.7 Å². The Bertz CT molecular complexity index is 899. The van der Waals surface area contributed by atoms with E-state index >= 15 is 0 Å². The van der Waals surface area contributed by atoms with Crippen LogP contribution in [0.1, 0.15) is 50.2 Å². The van der Waals surface area contributed by atoms with Gasteiger partial charge in [0.05, 0.1) is 12.9 Å². The van der Waals surface area contributed by atoms with Crippen LogP contribution >= 0.6 is 23.4 Å². The zero-order valence-electron chi connectivity index (χ0n) is 19.4. The van der Waals surface area contributed by atoms with Crippen molar-refractivity contribution in [2.24, 2.45) is 0 Å². The molecule has 1 aliphatic carbocycles. The number of amides is 2. The molecule has 7 heteroatoms. The molecule has 1 atom stereocenters. The number of benzene rings is 2. The van der Waals surface area contributed by atoms with E-state index in [1.54, 1.807) is 23.8 Å². The summed E-state index contributed by atoms with van der Waals surface area (Å²) in [6.07, 6.45) is 4.91. The maximum atomic E-state index is 13.3. The third kappa shape index (κ3) is 7.68. The minimum atomic E-state index is -0.490. The molecule has 1 fully saturated rings. The predicted octanol–water partition coefficient (Wildman–Crippen LogP) is 5.45. The van der Waals surface area contributed by atoms with Crippen molar-refractivity contribution in [3.63, 3.8) is 0 Å². The van der Waals surface area contributed by atoms with Crippen molar-refractivity contribution in [2.75, 3.05) is 12.9 Å². The largest absolute Gasteiger partial charge is 0.497 e. The van der Waals surface area contributed by atoms with Gasteiger partial charge in [-0.3, -0.25) is 9.59 Å². The third-order valence-electron chi connectivity index (χ3n) is 6.01. The molecule has 0 aromatic heterocycles. The van der Waals surface area contributed by atoms with E-state index in [1.807, 2.05) is 55.5 Å². The molecule has 1 saturated carbocycles. The van der Waals surface area contributed by atoms with Gasteiger partial charge < -0.3 is 15.0 Å². The van der Waals surface area contributed by atoms with Gasteiger partial charge in [0.25, 0.3) is 0 Å². The molecule has 2 amide bonds. The van der Waals surface area contributed by atoms with E-state index < -0.39 is 6.04 Å². The number of ether oxygens (including phenoxy) is 1. The van der Waals surface area contributed by atoms with E-state index in [9.17, 15) is 9.59 Å². The number of halogens is 1. The molecule has 0 heterocycles. The van der Waals surface area contributed by atoms with E-state index in [4.69, 9.17) is 16.3 Å². The molecular weight excluding hydrogens is 456 g/mol. The van der Waals surface area contributed by atoms with E-state index in [2.05, 4.69) is 5.32 Å². The summed E-state index contributed by atoms with van der Waals surface area (Å²) in [4.78, 5) is 28.2. The van der Waals surface area contributed by atoms with Gasteiger partial charge in [-0.05, 0) is 54.7 Å². The number of hydrogen-bond donors (Lipinski definition) is 1. The smallest absolute Gasteiger partial charge is 0.243 e. The van der Waals surface area contributed by atoms with Gasteiger partial charge in [-0.25, -0.2) is 0 Å². The lowest BCUT2D eigenvalue weighted by Crippen LogP contribution is -2.51. The average molecular weight is 489 g/mol. The summed E-state index contributed by atoms with van der Waals surface area (Å²) in [6, 6.07) is 15.0. The number of methoxy groups -OCH3 is 1. The monoisotopic (exact) mass is 488 g/mol. The number of hydrogen-bond acceptors (Lipinski definition) is 4. The first kappa shape index (κ1) is 25.4. The Morgan fingerprint density at radius 1 is 1.09 bits per heavy atom. The van der Waals surface area contributed by atoms with Crippen molar-refractivity contribution in [3.05, 3.63) is 64.7 Å². The summed E-state index contributed by atoms with van der Waals surface area (Å²) in [5.74, 6) is 1.71. The molecule has 1 aliphatic rings. The molecule has 5 nitrogen and oxygen atoms in total. The van der Waals surface area contributed by atoms with Gasteiger partial charge in [-0.2, -0.15) is 0 Å². The number of nitrogens with one attached hydrogen (secondary N) is 1. The molecule has 2 aromatic carbocycles. The quantitative estimate of drug-likeness (QED) is 0.457. The predicted molar refractivity (Wildman–Crippen MR) is 136 cm³/mol. The van der Waals surface area contributed by atoms with E-state index in [0.717, 1.165) is 42.6 Å². The summed E-state index contributed by atoms with van der Waals surface area (Å²) < 4.78 is 5.25. The van der Waals surface area contributed by atoms with Crippen molar-refractivity contribution >= 4 is 35.2 Å². The molecule has 0 saturated heterocycles. The van der Waals surface area contributed by atoms with Crippen LogP contribution in [0.3, 0.4) is 0 Å². The maximum absolute atomic E-state index is 13.3. The number of thioether (sulfide) groups is 1. The van der Waals surface area contributed by atoms with E-state index in [-0.39, 0.29) is 17.9 Å². The second kappa shape index (κ2) is 12.9. The molecule has 0 bridgehead atoms. The molecule has 0 radical (unpaired) electrons. The molecule has 1 N–H and O–H groups in total. The number of carbonyl (C=O) groups is 2. The second-order valence-corrected chi connectivity index (χ2v) is 9.83. The van der Waals surface area contributed by atoms with Crippen LogP contribution in [0.15, 0.2) is 48.5 Å². The van der Waals surface area contributed by atoms with Crippen molar-refractivity contribution in [1.82, 2.24) is 10.2 Å². The Kier molecular flexibility index (Phi) is 9.95. The molecule has 3 rings (SSSR count). The number of rotatable bonds is 11. The lowest BCUT2D eigenvalue weighted by Gasteiger charge is -2.31. The lowest BCUT2D eigenvalue weighted by atomic mass is 10.1. The molecule has 0 spiro atoms. The van der Waals surface area contributed by atoms with Crippen molar-refractivity contribution in [2.45, 2.75) is 63.4 Å². The van der Waals surface area contributed by atoms with E-state index in [1.165, 1.54) is 0 Å². The van der Waals surface area contributed by atoms with E-state index in [0.29, 0.717) is 29.5 Å². The highest BCUT2D eigenvalue weighted by molar-refractivity contribution is 7.99. The first-order valence-electron chi connectivity index (χ1n) is 11.5. The molecule has 178 valence electrons. The Hall–Kier alpha value is -2.18. The Labute approximate surface area is 206 Å². The fourth-order valence-corrected chi connectivity index (χ4v) is 5.13. The van der Waals surface area contributed by atoms with Gasteiger partial charge >= 0.3 is 0 Å². The normalized spacial score (nSPS) is 14.6. The van der Waals surface area contributed by atoms with Crippen LogP contribution in [0, 0.1) is 0 Å². The van der Waals surface area contributed by atoms with Crippen LogP contribution < -0.4 is 10.1 Å². The molecular formula is C26H33ClN2O3S. The van der Waals surface area contributed by atoms with Gasteiger partial charge in [0.2, 0.25) is 11.8 Å². The van der Waals surface area contributed by atoms with Crippen molar-refractivity contribution in [3.8, 4) is 5.75 Å². The third-order valence-corrected chi connectivity index (χ3v) is 7.25. The van der Waals surface area contributed by atoms with Crippen molar-refractivity contribution < 1.29 is 14.3 Å². The highest BCUT2D eigenvalue weighted by Gasteiger charge is 2.30. The molecule has 0 aliphatic heterocycles. The summed E-state index contributed by atoms with van der Waals surface area (Å²) >= 11 is 7.51. The van der Waals surface area contributed by atoms with Gasteiger partial charge in [0.1, 0.15) is 11.8 Å². The van der Waals surface area contributed by atoms with Crippen LogP contribution in [0.4, 0.5) is 0 Å². The van der Waals surface area contributed by atoms with Crippen LogP contribution in [0.5, 0.6) is 5.75 Å². The summed E-state index contributed by atoms with van der Waals surface area (Å²) in [5, 5.41) is 3.88. The zero-order chi connectivity index (χ0) is 23.6. The van der Waals surface area contributed by atoms with Gasteiger partial charge in [-0.1, -0.05) is 55.6 Å². The van der Waals surface area contributed by atoms with Crippen LogP contribution in [0.25, 0.3) is 0 Å². The number of nitrogens with zero attached hydrogens (tertiary/aromatic N) is 1. The summed E-state index contributed by atoms with van der Waals surface area (Å²) in [6.45, 7) is 2.36. The molecule has 33 heavy (non-hydrogen) atoms. The highest BCUT2D eigenvalue weighted by atomic mass is 35.5. The highest BCUT2D eigenvalue weighted by Crippen LogP contribution is 2.21. The first-order chi connectivity index (χ1) is 16.0. The first-order valence-corrected chi connectivity index (χ1v) is 13.1. The lowest BCUT2D eigenvalue weighted by molar-refractivity contribution is -0.139. The average Bonchev–Trinajstić information content (AvgIpc) is 3.33. The summed E-state index contributed by atoms with van der Waals surface area (Å²) in [7, 11) is 1.63. The van der Waals surface area contributed by atoms with Gasteiger partial charge in [0, 0.05) is 23.4 Å². The number of carbonyl (C=O) groups excluding carboxylic acids is 2. The minimum absolute atomic E-state index is 0.0294. The zero-order valence-corrected chi connectivity index (χ0v) is 21.0. The summed E-state index contributed by atoms with van der Waals surface area (Å²) in [5.41, 5.74) is 2.09. The Morgan fingerprint density at radius 2 is 1.73 bits per heavy atom. The standard InChI is InChI=1S/C26H33ClN2O3S/c1-3-24(26(31)28-22-6-4-5-7-22)29(16-19-10-14-23(32-2)15-11-19)25(30)18-33-17-20-8-12-21(27)13-9-20/h8-15,22,24H,3-7,16-18H2,1-2H3,(H,28,31)/t24-/m1/s1. The fourth-order valence-electron chi connectivity index (χ4n) is 4.13. The topological polar surface area (TPSA) is 58.6 Å². The molecule has 2 aromatic rings. The SMILES string of the molecule is CC[C@H](C(=O)NC1CCCC1)N(Cc1ccc(OC)cc1)C(=O)CSCc1ccc(Cl)cc1.